The van der Waals surface area contributed by atoms with E-state index >= 15 is 0 Å². The Morgan fingerprint density at radius 2 is 2.22 bits per heavy atom. The van der Waals surface area contributed by atoms with Gasteiger partial charge in [-0.2, -0.15) is 0 Å². The maximum atomic E-state index is 10.3. The number of rotatable bonds is 7. The van der Waals surface area contributed by atoms with Gasteiger partial charge in [0.15, 0.2) is 0 Å². The van der Waals surface area contributed by atoms with Crippen molar-refractivity contribution in [3.8, 4) is 5.75 Å². The molecule has 0 bridgehead atoms. The first kappa shape index (κ1) is 14.4. The SMILES string of the molecule is CCCCOc1cc(CCNC(=O)O)ccc1C. The number of carbonyl (C=O) groups is 1. The van der Waals surface area contributed by atoms with E-state index < -0.39 is 6.09 Å². The lowest BCUT2D eigenvalue weighted by Gasteiger charge is -2.10. The van der Waals surface area contributed by atoms with Crippen molar-refractivity contribution in [1.82, 2.24) is 5.32 Å². The lowest BCUT2D eigenvalue weighted by atomic mass is 10.1. The summed E-state index contributed by atoms with van der Waals surface area (Å²) in [4.78, 5) is 10.3. The van der Waals surface area contributed by atoms with E-state index in [1.165, 1.54) is 0 Å². The van der Waals surface area contributed by atoms with Crippen molar-refractivity contribution in [1.29, 1.82) is 0 Å². The number of nitrogens with one attached hydrogen (secondary N) is 1. The van der Waals surface area contributed by atoms with E-state index in [-0.39, 0.29) is 0 Å². The lowest BCUT2D eigenvalue weighted by Crippen LogP contribution is -2.23. The number of amides is 1. The van der Waals surface area contributed by atoms with Crippen molar-refractivity contribution in [2.75, 3.05) is 13.2 Å². The molecule has 0 fully saturated rings. The average molecular weight is 251 g/mol. The summed E-state index contributed by atoms with van der Waals surface area (Å²) in [7, 11) is 0. The predicted octanol–water partition coefficient (Wildman–Crippen LogP) is 2.98. The van der Waals surface area contributed by atoms with Crippen LogP contribution in [0.15, 0.2) is 18.2 Å². The Bertz CT molecular complexity index is 391. The fourth-order valence-corrected chi connectivity index (χ4v) is 1.60. The first-order chi connectivity index (χ1) is 8.63. The summed E-state index contributed by atoms with van der Waals surface area (Å²) in [6.45, 7) is 5.30. The number of ether oxygens (including phenoxy) is 1. The number of hydrogen-bond acceptors (Lipinski definition) is 2. The molecule has 0 saturated heterocycles. The molecule has 1 aromatic rings. The minimum Gasteiger partial charge on any atom is -0.493 e. The summed E-state index contributed by atoms with van der Waals surface area (Å²) in [6.07, 6.45) is 1.85. The van der Waals surface area contributed by atoms with Gasteiger partial charge in [-0.1, -0.05) is 25.5 Å². The van der Waals surface area contributed by atoms with Gasteiger partial charge in [-0.15, -0.1) is 0 Å². The molecule has 0 aliphatic rings. The van der Waals surface area contributed by atoms with Crippen molar-refractivity contribution in [3.05, 3.63) is 29.3 Å². The van der Waals surface area contributed by atoms with E-state index in [9.17, 15) is 4.79 Å². The lowest BCUT2D eigenvalue weighted by molar-refractivity contribution is 0.194. The molecule has 1 rings (SSSR count). The summed E-state index contributed by atoms with van der Waals surface area (Å²) in [5.74, 6) is 0.899. The Kier molecular flexibility index (Phi) is 6.05. The fraction of sp³-hybridized carbons (Fsp3) is 0.500. The first-order valence-corrected chi connectivity index (χ1v) is 6.32. The van der Waals surface area contributed by atoms with E-state index in [2.05, 4.69) is 12.2 Å². The molecule has 4 heteroatoms. The molecule has 0 atom stereocenters. The Morgan fingerprint density at radius 3 is 2.89 bits per heavy atom. The van der Waals surface area contributed by atoms with E-state index in [1.807, 2.05) is 25.1 Å². The molecule has 0 aromatic heterocycles. The number of aryl methyl sites for hydroxylation is 1. The van der Waals surface area contributed by atoms with Gasteiger partial charge in [0.05, 0.1) is 6.61 Å². The Labute approximate surface area is 108 Å². The van der Waals surface area contributed by atoms with Crippen molar-refractivity contribution in [2.45, 2.75) is 33.1 Å². The molecule has 0 heterocycles. The van der Waals surface area contributed by atoms with E-state index in [1.54, 1.807) is 0 Å². The molecule has 2 N–H and O–H groups in total. The maximum Gasteiger partial charge on any atom is 0.404 e. The van der Waals surface area contributed by atoms with Crippen molar-refractivity contribution in [2.24, 2.45) is 0 Å². The van der Waals surface area contributed by atoms with Gasteiger partial charge >= 0.3 is 6.09 Å². The highest BCUT2D eigenvalue weighted by Crippen LogP contribution is 2.20. The quantitative estimate of drug-likeness (QED) is 0.732. The van der Waals surface area contributed by atoms with Crippen LogP contribution in [0.4, 0.5) is 4.79 Å². The topological polar surface area (TPSA) is 58.6 Å². The van der Waals surface area contributed by atoms with Gasteiger partial charge in [-0.3, -0.25) is 0 Å². The maximum absolute atomic E-state index is 10.3. The summed E-state index contributed by atoms with van der Waals surface area (Å²) >= 11 is 0. The van der Waals surface area contributed by atoms with E-state index in [0.29, 0.717) is 13.0 Å². The van der Waals surface area contributed by atoms with Crippen LogP contribution in [-0.2, 0) is 6.42 Å². The van der Waals surface area contributed by atoms with Crippen LogP contribution in [0, 0.1) is 6.92 Å². The van der Waals surface area contributed by atoms with Gasteiger partial charge in [-0.05, 0) is 37.0 Å². The highest BCUT2D eigenvalue weighted by molar-refractivity contribution is 5.64. The van der Waals surface area contributed by atoms with Crippen LogP contribution in [0.1, 0.15) is 30.9 Å². The molecular weight excluding hydrogens is 230 g/mol. The molecule has 0 saturated carbocycles. The molecule has 0 radical (unpaired) electrons. The van der Waals surface area contributed by atoms with Crippen molar-refractivity contribution < 1.29 is 14.6 Å². The highest BCUT2D eigenvalue weighted by Gasteiger charge is 2.02. The zero-order chi connectivity index (χ0) is 13.4. The van der Waals surface area contributed by atoms with Crippen LogP contribution in [0.25, 0.3) is 0 Å². The predicted molar refractivity (Wildman–Crippen MR) is 71.3 cm³/mol. The van der Waals surface area contributed by atoms with Crippen LogP contribution in [0.2, 0.25) is 0 Å². The molecular formula is C14H21NO3. The number of carboxylic acid groups (broad SMARTS) is 1. The smallest absolute Gasteiger partial charge is 0.404 e. The summed E-state index contributed by atoms with van der Waals surface area (Å²) in [5.41, 5.74) is 2.20. The minimum atomic E-state index is -0.985. The summed E-state index contributed by atoms with van der Waals surface area (Å²) in [6, 6.07) is 6.01. The normalized spacial score (nSPS) is 10.1. The highest BCUT2D eigenvalue weighted by atomic mass is 16.5. The van der Waals surface area contributed by atoms with Gasteiger partial charge in [0.25, 0.3) is 0 Å². The zero-order valence-corrected chi connectivity index (χ0v) is 11.0. The Balaban J connectivity index is 2.53. The molecule has 1 amide bonds. The van der Waals surface area contributed by atoms with Crippen molar-refractivity contribution >= 4 is 6.09 Å². The number of unbranched alkanes of at least 4 members (excludes halogenated alkanes) is 1. The number of benzene rings is 1. The van der Waals surface area contributed by atoms with Crippen molar-refractivity contribution in [3.63, 3.8) is 0 Å². The zero-order valence-electron chi connectivity index (χ0n) is 11.0. The van der Waals surface area contributed by atoms with Crippen LogP contribution >= 0.6 is 0 Å². The third-order valence-electron chi connectivity index (χ3n) is 2.70. The second-order valence-electron chi connectivity index (χ2n) is 4.28. The van der Waals surface area contributed by atoms with Gasteiger partial charge in [-0.25, -0.2) is 4.79 Å². The van der Waals surface area contributed by atoms with Gasteiger partial charge < -0.3 is 15.2 Å². The first-order valence-electron chi connectivity index (χ1n) is 6.32. The molecule has 0 unspecified atom stereocenters. The molecule has 0 spiro atoms. The minimum absolute atomic E-state index is 0.423. The fourth-order valence-electron chi connectivity index (χ4n) is 1.60. The van der Waals surface area contributed by atoms with E-state index in [4.69, 9.17) is 9.84 Å². The van der Waals surface area contributed by atoms with E-state index in [0.717, 1.165) is 36.3 Å². The average Bonchev–Trinajstić information content (AvgIpc) is 2.33. The largest absolute Gasteiger partial charge is 0.493 e. The molecule has 1 aromatic carbocycles. The standard InChI is InChI=1S/C14H21NO3/c1-3-4-9-18-13-10-12(6-5-11(13)2)7-8-15-14(16)17/h5-6,10,15H,3-4,7-9H2,1-2H3,(H,16,17). The second kappa shape index (κ2) is 7.58. The molecule has 100 valence electrons. The van der Waals surface area contributed by atoms with Crippen LogP contribution < -0.4 is 10.1 Å². The molecule has 4 nitrogen and oxygen atoms in total. The summed E-state index contributed by atoms with van der Waals surface area (Å²) < 4.78 is 5.71. The molecule has 18 heavy (non-hydrogen) atoms. The third kappa shape index (κ3) is 5.08. The van der Waals surface area contributed by atoms with Gasteiger partial charge in [0, 0.05) is 6.54 Å². The van der Waals surface area contributed by atoms with Crippen LogP contribution in [-0.4, -0.2) is 24.4 Å². The Morgan fingerprint density at radius 1 is 1.44 bits per heavy atom. The third-order valence-corrected chi connectivity index (χ3v) is 2.70. The van der Waals surface area contributed by atoms with Gasteiger partial charge in [0.2, 0.25) is 0 Å². The second-order valence-corrected chi connectivity index (χ2v) is 4.28. The summed E-state index contributed by atoms with van der Waals surface area (Å²) in [5, 5.41) is 10.9. The van der Waals surface area contributed by atoms with Gasteiger partial charge in [0.1, 0.15) is 5.75 Å². The molecule has 0 aliphatic carbocycles. The number of hydrogen-bond donors (Lipinski definition) is 2. The Hall–Kier alpha value is -1.71. The van der Waals surface area contributed by atoms with Crippen LogP contribution in [0.5, 0.6) is 5.75 Å². The monoisotopic (exact) mass is 251 g/mol. The van der Waals surface area contributed by atoms with Crippen LogP contribution in [0.3, 0.4) is 0 Å². The molecule has 0 aliphatic heterocycles.